The van der Waals surface area contributed by atoms with Crippen molar-refractivity contribution in [1.82, 2.24) is 0 Å². The number of nitrogens with zero attached hydrogens (tertiary/aromatic N) is 2. The molecule has 8 aromatic carbocycles. The minimum absolute atomic E-state index is 0.215. The molecule has 4 nitrogen and oxygen atoms in total. The summed E-state index contributed by atoms with van der Waals surface area (Å²) in [7, 11) is 0. The van der Waals surface area contributed by atoms with E-state index >= 15 is 0 Å². The van der Waals surface area contributed by atoms with Crippen LogP contribution in [0.1, 0.15) is 49.9 Å². The molecule has 12 rings (SSSR count). The van der Waals surface area contributed by atoms with E-state index < -0.39 is 0 Å². The van der Waals surface area contributed by atoms with E-state index in [1.807, 2.05) is 0 Å². The Balaban J connectivity index is 1.09. The first kappa shape index (κ1) is 31.6. The van der Waals surface area contributed by atoms with Gasteiger partial charge in [0.2, 0.25) is 0 Å². The molecule has 56 heavy (non-hydrogen) atoms. The summed E-state index contributed by atoms with van der Waals surface area (Å²) in [5, 5.41) is 6.65. The van der Waals surface area contributed by atoms with Crippen molar-refractivity contribution in [3.8, 4) is 0 Å². The summed E-state index contributed by atoms with van der Waals surface area (Å²) in [5.41, 5.74) is 15.0. The first-order valence-corrected chi connectivity index (χ1v) is 19.5. The van der Waals surface area contributed by atoms with Crippen LogP contribution < -0.4 is 9.80 Å². The molecule has 2 aromatic heterocycles. The summed E-state index contributed by atoms with van der Waals surface area (Å²) < 4.78 is 14.0. The number of rotatable bonds is 2. The third-order valence-corrected chi connectivity index (χ3v) is 12.8. The van der Waals surface area contributed by atoms with Crippen molar-refractivity contribution in [3.63, 3.8) is 0 Å². The van der Waals surface area contributed by atoms with E-state index in [2.05, 4.69) is 195 Å². The monoisotopic (exact) mass is 722 g/mol. The quantitative estimate of drug-likeness (QED) is 0.178. The Morgan fingerprint density at radius 2 is 0.768 bits per heavy atom. The summed E-state index contributed by atoms with van der Waals surface area (Å²) in [5.74, 6) is 0. The zero-order valence-electron chi connectivity index (χ0n) is 31.7. The van der Waals surface area contributed by atoms with Crippen LogP contribution in [0.25, 0.3) is 54.6 Å². The van der Waals surface area contributed by atoms with Crippen molar-refractivity contribution in [2.24, 2.45) is 0 Å². The topological polar surface area (TPSA) is 32.8 Å². The summed E-state index contributed by atoms with van der Waals surface area (Å²) in [6, 6.07) is 57.0. The van der Waals surface area contributed by atoms with Crippen LogP contribution in [-0.2, 0) is 10.8 Å². The average molecular weight is 723 g/mol. The molecular formula is C52H38N2O2. The number of furan rings is 2. The van der Waals surface area contributed by atoms with Crippen LogP contribution in [0.2, 0.25) is 0 Å². The van der Waals surface area contributed by atoms with Gasteiger partial charge in [0.15, 0.2) is 11.2 Å². The fraction of sp³-hybridized carbons (Fsp3) is 0.115. The molecule has 2 aliphatic heterocycles. The van der Waals surface area contributed by atoms with E-state index in [4.69, 9.17) is 8.83 Å². The van der Waals surface area contributed by atoms with Gasteiger partial charge in [-0.05, 0) is 93.7 Å². The van der Waals surface area contributed by atoms with Gasteiger partial charge >= 0.3 is 0 Å². The lowest BCUT2D eigenvalue weighted by Crippen LogP contribution is -2.30. The van der Waals surface area contributed by atoms with Crippen LogP contribution in [-0.4, -0.2) is 0 Å². The van der Waals surface area contributed by atoms with Gasteiger partial charge in [0.1, 0.15) is 11.2 Å². The molecule has 10 aromatic rings. The number of anilines is 6. The molecule has 0 aliphatic carbocycles. The third kappa shape index (κ3) is 4.08. The number of hydrogen-bond donors (Lipinski definition) is 0. The standard InChI is InChI=1S/C52H38N2O2/c1-51(2)39-19-11-13-21-43(39)53(33-15-7-5-8-16-33)47-41(51)25-23-35-37-27-31-30-46-38(28-32(31)29-45(37)55-49(35)47)36-24-26-42-48(50(36)56-46)54(34-17-9-6-10-18-34)44-22-14-12-20-40(44)52(42,3)4/h5-30H,1-4H3. The molecule has 0 saturated heterocycles. The number of fused-ring (bicyclic) bond motifs is 13. The normalized spacial score (nSPS) is 15.4. The smallest absolute Gasteiger partial charge is 0.159 e. The molecule has 4 heterocycles. The first-order valence-electron chi connectivity index (χ1n) is 19.5. The first-order chi connectivity index (χ1) is 27.3. The molecule has 0 unspecified atom stereocenters. The number of para-hydroxylation sites is 4. The Kier molecular flexibility index (Phi) is 6.15. The lowest BCUT2D eigenvalue weighted by atomic mass is 9.73. The van der Waals surface area contributed by atoms with Crippen molar-refractivity contribution in [3.05, 3.63) is 180 Å². The molecule has 268 valence electrons. The van der Waals surface area contributed by atoms with Gasteiger partial charge in [-0.2, -0.15) is 0 Å². The lowest BCUT2D eigenvalue weighted by molar-refractivity contribution is 0.623. The molecule has 0 N–H and O–H groups in total. The molecule has 0 saturated carbocycles. The summed E-state index contributed by atoms with van der Waals surface area (Å²) in [4.78, 5) is 4.78. The molecule has 0 amide bonds. The number of benzene rings is 8. The van der Waals surface area contributed by atoms with E-state index in [9.17, 15) is 0 Å². The van der Waals surface area contributed by atoms with Gasteiger partial charge in [0, 0.05) is 43.7 Å². The van der Waals surface area contributed by atoms with Gasteiger partial charge in [0.25, 0.3) is 0 Å². The van der Waals surface area contributed by atoms with E-state index in [0.29, 0.717) is 0 Å². The maximum Gasteiger partial charge on any atom is 0.159 e. The van der Waals surface area contributed by atoms with Crippen molar-refractivity contribution in [2.75, 3.05) is 9.80 Å². The maximum absolute atomic E-state index is 7.02. The third-order valence-electron chi connectivity index (χ3n) is 12.8. The molecular weight excluding hydrogens is 685 g/mol. The second-order valence-electron chi connectivity index (χ2n) is 16.6. The Bertz CT molecular complexity index is 3040. The highest BCUT2D eigenvalue weighted by atomic mass is 16.3. The minimum Gasteiger partial charge on any atom is -0.454 e. The van der Waals surface area contributed by atoms with E-state index in [0.717, 1.165) is 77.4 Å². The molecule has 0 radical (unpaired) electrons. The molecule has 0 atom stereocenters. The van der Waals surface area contributed by atoms with Crippen molar-refractivity contribution in [2.45, 2.75) is 38.5 Å². The highest BCUT2D eigenvalue weighted by molar-refractivity contribution is 6.19. The van der Waals surface area contributed by atoms with Gasteiger partial charge < -0.3 is 18.6 Å². The van der Waals surface area contributed by atoms with E-state index in [-0.39, 0.29) is 10.8 Å². The largest absolute Gasteiger partial charge is 0.454 e. The lowest BCUT2D eigenvalue weighted by Gasteiger charge is -2.41. The second kappa shape index (κ2) is 10.9. The van der Waals surface area contributed by atoms with Gasteiger partial charge in [-0.1, -0.05) is 125 Å². The zero-order valence-corrected chi connectivity index (χ0v) is 31.7. The van der Waals surface area contributed by atoms with E-state index in [1.165, 1.54) is 33.6 Å². The highest BCUT2D eigenvalue weighted by Gasteiger charge is 2.40. The highest BCUT2D eigenvalue weighted by Crippen LogP contribution is 2.57. The zero-order chi connectivity index (χ0) is 37.5. The summed E-state index contributed by atoms with van der Waals surface area (Å²) in [6.45, 7) is 9.30. The minimum atomic E-state index is -0.215. The Hall–Kier alpha value is -6.78. The van der Waals surface area contributed by atoms with Crippen molar-refractivity contribution in [1.29, 1.82) is 0 Å². The molecule has 0 fully saturated rings. The van der Waals surface area contributed by atoms with Crippen molar-refractivity contribution < 1.29 is 8.83 Å². The van der Waals surface area contributed by atoms with Crippen LogP contribution in [0, 0.1) is 0 Å². The Morgan fingerprint density at radius 3 is 1.20 bits per heavy atom. The fourth-order valence-electron chi connectivity index (χ4n) is 9.96. The van der Waals surface area contributed by atoms with Crippen LogP contribution in [0.15, 0.2) is 167 Å². The average Bonchev–Trinajstić information content (AvgIpc) is 3.77. The van der Waals surface area contributed by atoms with Gasteiger partial charge in [-0.3, -0.25) is 0 Å². The number of hydrogen-bond acceptors (Lipinski definition) is 4. The van der Waals surface area contributed by atoms with Crippen LogP contribution >= 0.6 is 0 Å². The van der Waals surface area contributed by atoms with Crippen molar-refractivity contribution >= 4 is 88.8 Å². The summed E-state index contributed by atoms with van der Waals surface area (Å²) in [6.07, 6.45) is 0. The van der Waals surface area contributed by atoms with Crippen LogP contribution in [0.4, 0.5) is 34.1 Å². The van der Waals surface area contributed by atoms with Gasteiger partial charge in [-0.15, -0.1) is 0 Å². The van der Waals surface area contributed by atoms with Gasteiger partial charge in [0.05, 0.1) is 22.7 Å². The Labute approximate surface area is 324 Å². The molecule has 4 heteroatoms. The molecule has 0 bridgehead atoms. The van der Waals surface area contributed by atoms with Crippen LogP contribution in [0.3, 0.4) is 0 Å². The Morgan fingerprint density at radius 1 is 0.375 bits per heavy atom. The van der Waals surface area contributed by atoms with E-state index in [1.54, 1.807) is 0 Å². The maximum atomic E-state index is 7.02. The predicted octanol–water partition coefficient (Wildman–Crippen LogP) is 14.9. The van der Waals surface area contributed by atoms with Gasteiger partial charge in [-0.25, -0.2) is 0 Å². The fourth-order valence-corrected chi connectivity index (χ4v) is 9.96. The molecule has 0 spiro atoms. The van der Waals surface area contributed by atoms with Crippen LogP contribution in [0.5, 0.6) is 0 Å². The predicted molar refractivity (Wildman–Crippen MR) is 232 cm³/mol. The summed E-state index contributed by atoms with van der Waals surface area (Å²) >= 11 is 0. The second-order valence-corrected chi connectivity index (χ2v) is 16.6. The molecule has 2 aliphatic rings. The SMILES string of the molecule is CC1(C)c2ccccc2N(c2ccccc2)c2c1ccc1c2oc2cc3cc4c(cc3cc21)oc1c2c(ccc14)C(C)(C)c1ccccc1N2c1ccccc1.